The number of nitrogens with zero attached hydrogens (tertiary/aromatic N) is 1. The van der Waals surface area contributed by atoms with Gasteiger partial charge in [0.05, 0.1) is 0 Å². The summed E-state index contributed by atoms with van der Waals surface area (Å²) in [4.78, 5) is 25.1. The molecule has 4 heteroatoms. The van der Waals surface area contributed by atoms with Crippen LogP contribution in [0.3, 0.4) is 0 Å². The van der Waals surface area contributed by atoms with Crippen LogP contribution in [0.25, 0.3) is 6.08 Å². The van der Waals surface area contributed by atoms with Gasteiger partial charge < -0.3 is 10.0 Å². The second-order valence-electron chi connectivity index (χ2n) is 5.45. The second kappa shape index (κ2) is 7.07. The van der Waals surface area contributed by atoms with Gasteiger partial charge in [0, 0.05) is 24.7 Å². The first kappa shape index (κ1) is 15.3. The van der Waals surface area contributed by atoms with Crippen molar-refractivity contribution >= 4 is 18.0 Å². The molecular weight excluding hydrogens is 266 g/mol. The first-order chi connectivity index (χ1) is 10.1. The van der Waals surface area contributed by atoms with Crippen LogP contribution in [0.5, 0.6) is 0 Å². The van der Waals surface area contributed by atoms with E-state index in [0.717, 1.165) is 43.1 Å². The maximum atomic E-state index is 12.6. The summed E-state index contributed by atoms with van der Waals surface area (Å²) in [7, 11) is 0. The Morgan fingerprint density at radius 3 is 2.43 bits per heavy atom. The largest absolute Gasteiger partial charge is 0.478 e. The van der Waals surface area contributed by atoms with Crippen molar-refractivity contribution in [3.63, 3.8) is 0 Å². The van der Waals surface area contributed by atoms with Gasteiger partial charge in [-0.3, -0.25) is 4.79 Å². The van der Waals surface area contributed by atoms with Crippen LogP contribution in [0, 0.1) is 6.92 Å². The van der Waals surface area contributed by atoms with Crippen LogP contribution in [-0.4, -0.2) is 35.0 Å². The Hall–Kier alpha value is -2.10. The Kier molecular flexibility index (Phi) is 5.14. The molecule has 1 aliphatic heterocycles. The minimum Gasteiger partial charge on any atom is -0.478 e. The number of hydrogen-bond acceptors (Lipinski definition) is 2. The lowest BCUT2D eigenvalue weighted by molar-refractivity contribution is -0.131. The molecule has 0 aliphatic carbocycles. The number of rotatable bonds is 3. The summed E-state index contributed by atoms with van der Waals surface area (Å²) in [5, 5.41) is 8.68. The first-order valence-electron chi connectivity index (χ1n) is 7.39. The number of benzene rings is 1. The molecule has 1 fully saturated rings. The average molecular weight is 287 g/mol. The fourth-order valence-electron chi connectivity index (χ4n) is 2.59. The van der Waals surface area contributed by atoms with E-state index in [1.54, 1.807) is 6.07 Å². The summed E-state index contributed by atoms with van der Waals surface area (Å²) in [6.45, 7) is 3.54. The van der Waals surface area contributed by atoms with Crippen LogP contribution >= 0.6 is 0 Å². The lowest BCUT2D eigenvalue weighted by atomic mass is 10.0. The predicted molar refractivity (Wildman–Crippen MR) is 82.2 cm³/mol. The molecule has 0 aromatic heterocycles. The molecule has 1 saturated heterocycles. The van der Waals surface area contributed by atoms with E-state index in [1.165, 1.54) is 18.9 Å². The van der Waals surface area contributed by atoms with Crippen molar-refractivity contribution in [2.24, 2.45) is 0 Å². The first-order valence-corrected chi connectivity index (χ1v) is 7.39. The Balaban J connectivity index is 2.22. The molecule has 0 unspecified atom stereocenters. The number of amides is 1. The number of aryl methyl sites for hydroxylation is 1. The number of carboxylic acid groups (broad SMARTS) is 1. The van der Waals surface area contributed by atoms with Gasteiger partial charge in [0.25, 0.3) is 5.91 Å². The van der Waals surface area contributed by atoms with Crippen LogP contribution in [0.2, 0.25) is 0 Å². The standard InChI is InChI=1S/C17H21NO3/c1-13-6-7-14(8-9-16(19)20)12-15(13)17(21)18-10-4-2-3-5-11-18/h6-9,12H,2-5,10-11H2,1H3,(H,19,20). The maximum Gasteiger partial charge on any atom is 0.328 e. The maximum absolute atomic E-state index is 12.6. The van der Waals surface area contributed by atoms with Crippen LogP contribution < -0.4 is 0 Å². The fraction of sp³-hybridized carbons (Fsp3) is 0.412. The third-order valence-corrected chi connectivity index (χ3v) is 3.80. The van der Waals surface area contributed by atoms with Gasteiger partial charge in [0.2, 0.25) is 0 Å². The predicted octanol–water partition coefficient (Wildman–Crippen LogP) is 3.11. The molecule has 0 bridgehead atoms. The molecule has 112 valence electrons. The zero-order valence-electron chi connectivity index (χ0n) is 12.3. The van der Waals surface area contributed by atoms with Crippen molar-refractivity contribution in [2.75, 3.05) is 13.1 Å². The van der Waals surface area contributed by atoms with Gasteiger partial charge in [-0.25, -0.2) is 4.79 Å². The van der Waals surface area contributed by atoms with E-state index in [-0.39, 0.29) is 5.91 Å². The topological polar surface area (TPSA) is 57.6 Å². The molecule has 1 N–H and O–H groups in total. The molecule has 1 aromatic carbocycles. The number of hydrogen-bond donors (Lipinski definition) is 1. The van der Waals surface area contributed by atoms with Crippen molar-refractivity contribution in [3.8, 4) is 0 Å². The van der Waals surface area contributed by atoms with Gasteiger partial charge in [-0.2, -0.15) is 0 Å². The van der Waals surface area contributed by atoms with Crippen LogP contribution in [-0.2, 0) is 4.79 Å². The summed E-state index contributed by atoms with van der Waals surface area (Å²) < 4.78 is 0. The monoisotopic (exact) mass is 287 g/mol. The Labute approximate surface area is 125 Å². The molecule has 1 aliphatic rings. The van der Waals surface area contributed by atoms with E-state index in [0.29, 0.717) is 5.56 Å². The van der Waals surface area contributed by atoms with E-state index >= 15 is 0 Å². The number of likely N-dealkylation sites (tertiary alicyclic amines) is 1. The zero-order valence-corrected chi connectivity index (χ0v) is 12.3. The highest BCUT2D eigenvalue weighted by molar-refractivity contribution is 5.96. The van der Waals surface area contributed by atoms with E-state index in [2.05, 4.69) is 0 Å². The zero-order chi connectivity index (χ0) is 15.2. The molecular formula is C17H21NO3. The van der Waals surface area contributed by atoms with Gasteiger partial charge >= 0.3 is 5.97 Å². The van der Waals surface area contributed by atoms with Crippen LogP contribution in [0.15, 0.2) is 24.3 Å². The fourth-order valence-corrected chi connectivity index (χ4v) is 2.59. The summed E-state index contributed by atoms with van der Waals surface area (Å²) in [6, 6.07) is 5.47. The number of aliphatic carboxylic acids is 1. The Morgan fingerprint density at radius 2 is 1.81 bits per heavy atom. The van der Waals surface area contributed by atoms with Crippen molar-refractivity contribution in [2.45, 2.75) is 32.6 Å². The lowest BCUT2D eigenvalue weighted by Crippen LogP contribution is -2.32. The number of carbonyl (C=O) groups is 2. The molecule has 1 aromatic rings. The van der Waals surface area contributed by atoms with E-state index in [1.807, 2.05) is 24.0 Å². The van der Waals surface area contributed by atoms with Gasteiger partial charge in [-0.1, -0.05) is 25.0 Å². The highest BCUT2D eigenvalue weighted by Gasteiger charge is 2.18. The molecule has 2 rings (SSSR count). The van der Waals surface area contributed by atoms with E-state index < -0.39 is 5.97 Å². The third kappa shape index (κ3) is 4.18. The summed E-state index contributed by atoms with van der Waals surface area (Å²) in [5.74, 6) is -0.934. The molecule has 0 radical (unpaired) electrons. The van der Waals surface area contributed by atoms with Crippen molar-refractivity contribution in [1.29, 1.82) is 0 Å². The molecule has 0 spiro atoms. The average Bonchev–Trinajstić information content (AvgIpc) is 2.74. The smallest absolute Gasteiger partial charge is 0.328 e. The van der Waals surface area contributed by atoms with Crippen LogP contribution in [0.1, 0.15) is 47.2 Å². The molecule has 0 saturated carbocycles. The molecule has 4 nitrogen and oxygen atoms in total. The summed E-state index contributed by atoms with van der Waals surface area (Å²) in [5.41, 5.74) is 2.34. The normalized spacial score (nSPS) is 16.0. The third-order valence-electron chi connectivity index (χ3n) is 3.80. The van der Waals surface area contributed by atoms with Gasteiger partial charge in [-0.05, 0) is 43.0 Å². The Morgan fingerprint density at radius 1 is 1.14 bits per heavy atom. The van der Waals surface area contributed by atoms with Crippen LogP contribution in [0.4, 0.5) is 0 Å². The van der Waals surface area contributed by atoms with Gasteiger partial charge in [-0.15, -0.1) is 0 Å². The lowest BCUT2D eigenvalue weighted by Gasteiger charge is -2.21. The minimum absolute atomic E-state index is 0.0555. The van der Waals surface area contributed by atoms with Crippen molar-refractivity contribution in [1.82, 2.24) is 4.90 Å². The number of carboxylic acids is 1. The molecule has 21 heavy (non-hydrogen) atoms. The van der Waals surface area contributed by atoms with E-state index in [4.69, 9.17) is 5.11 Å². The highest BCUT2D eigenvalue weighted by Crippen LogP contribution is 2.18. The molecule has 0 atom stereocenters. The van der Waals surface area contributed by atoms with Crippen molar-refractivity contribution < 1.29 is 14.7 Å². The van der Waals surface area contributed by atoms with Gasteiger partial charge in [0.15, 0.2) is 0 Å². The summed E-state index contributed by atoms with van der Waals surface area (Å²) in [6.07, 6.45) is 7.09. The number of carbonyl (C=O) groups excluding carboxylic acids is 1. The molecule has 1 amide bonds. The van der Waals surface area contributed by atoms with Gasteiger partial charge in [0.1, 0.15) is 0 Å². The van der Waals surface area contributed by atoms with Crippen molar-refractivity contribution in [3.05, 3.63) is 41.0 Å². The SMILES string of the molecule is Cc1ccc(C=CC(=O)O)cc1C(=O)N1CCCCCC1. The summed E-state index contributed by atoms with van der Waals surface area (Å²) >= 11 is 0. The quantitative estimate of drug-likeness (QED) is 0.869. The minimum atomic E-state index is -0.990. The Bertz CT molecular complexity index is 555. The second-order valence-corrected chi connectivity index (χ2v) is 5.45. The highest BCUT2D eigenvalue weighted by atomic mass is 16.4. The molecule has 1 heterocycles. The van der Waals surface area contributed by atoms with E-state index in [9.17, 15) is 9.59 Å².